The van der Waals surface area contributed by atoms with Crippen LogP contribution in [0.2, 0.25) is 0 Å². The number of rotatable bonds is 2. The van der Waals surface area contributed by atoms with Crippen molar-refractivity contribution in [2.75, 3.05) is 5.32 Å². The van der Waals surface area contributed by atoms with Crippen LogP contribution in [0.5, 0.6) is 0 Å². The van der Waals surface area contributed by atoms with Gasteiger partial charge in [-0.2, -0.15) is 0 Å². The second-order valence-electron chi connectivity index (χ2n) is 4.93. The molecule has 3 atom stereocenters. The smallest absolute Gasteiger partial charge is 0.123 e. The molecule has 1 nitrogen and oxygen atoms in total. The first-order valence-corrected chi connectivity index (χ1v) is 5.83. The number of hydrogen-bond donors (Lipinski definition) is 1. The van der Waals surface area contributed by atoms with Gasteiger partial charge in [-0.05, 0) is 55.4 Å². The van der Waals surface area contributed by atoms with E-state index < -0.39 is 0 Å². The molecule has 3 rings (SSSR count). The summed E-state index contributed by atoms with van der Waals surface area (Å²) in [7, 11) is 0. The van der Waals surface area contributed by atoms with Crippen LogP contribution in [0.3, 0.4) is 0 Å². The van der Waals surface area contributed by atoms with E-state index in [4.69, 9.17) is 0 Å². The molecule has 2 heteroatoms. The van der Waals surface area contributed by atoms with Crippen LogP contribution in [0.15, 0.2) is 24.3 Å². The summed E-state index contributed by atoms with van der Waals surface area (Å²) in [6.45, 7) is 0. The first-order valence-electron chi connectivity index (χ1n) is 5.83. The molecule has 15 heavy (non-hydrogen) atoms. The third-order valence-corrected chi connectivity index (χ3v) is 3.93. The molecule has 2 bridgehead atoms. The van der Waals surface area contributed by atoms with E-state index >= 15 is 0 Å². The maximum atomic E-state index is 12.7. The molecule has 1 aromatic carbocycles. The quantitative estimate of drug-likeness (QED) is 0.780. The Morgan fingerprint density at radius 3 is 2.47 bits per heavy atom. The van der Waals surface area contributed by atoms with Crippen molar-refractivity contribution in [1.82, 2.24) is 0 Å². The normalized spacial score (nSPS) is 33.3. The van der Waals surface area contributed by atoms with Crippen LogP contribution in [-0.4, -0.2) is 6.04 Å². The van der Waals surface area contributed by atoms with Gasteiger partial charge in [0.2, 0.25) is 0 Å². The van der Waals surface area contributed by atoms with Crippen molar-refractivity contribution >= 4 is 5.69 Å². The fraction of sp³-hybridized carbons (Fsp3) is 0.538. The van der Waals surface area contributed by atoms with Gasteiger partial charge in [0.25, 0.3) is 0 Å². The molecule has 0 unspecified atom stereocenters. The molecule has 2 aliphatic rings. The Hall–Kier alpha value is -1.05. The zero-order valence-corrected chi connectivity index (χ0v) is 8.75. The van der Waals surface area contributed by atoms with Crippen molar-refractivity contribution in [3.8, 4) is 0 Å². The lowest BCUT2D eigenvalue weighted by Crippen LogP contribution is -2.25. The van der Waals surface area contributed by atoms with Gasteiger partial charge < -0.3 is 5.32 Å². The number of nitrogens with one attached hydrogen (secondary N) is 1. The van der Waals surface area contributed by atoms with Crippen LogP contribution in [0.4, 0.5) is 10.1 Å². The highest BCUT2D eigenvalue weighted by Crippen LogP contribution is 2.45. The van der Waals surface area contributed by atoms with Crippen molar-refractivity contribution in [2.24, 2.45) is 11.8 Å². The van der Waals surface area contributed by atoms with Crippen LogP contribution in [0, 0.1) is 17.7 Å². The first kappa shape index (κ1) is 9.20. The topological polar surface area (TPSA) is 12.0 Å². The van der Waals surface area contributed by atoms with Crippen molar-refractivity contribution < 1.29 is 4.39 Å². The van der Waals surface area contributed by atoms with Crippen molar-refractivity contribution in [3.63, 3.8) is 0 Å². The third kappa shape index (κ3) is 1.73. The SMILES string of the molecule is Fc1ccc(N[C@@H]2C[C@@H]3CC[C@@H]2C3)cc1. The van der Waals surface area contributed by atoms with E-state index in [1.807, 2.05) is 12.1 Å². The maximum Gasteiger partial charge on any atom is 0.123 e. The molecule has 2 fully saturated rings. The van der Waals surface area contributed by atoms with Crippen molar-refractivity contribution in [2.45, 2.75) is 31.7 Å². The Bertz CT molecular complexity index is 346. The molecule has 1 N–H and O–H groups in total. The summed E-state index contributed by atoms with van der Waals surface area (Å²) in [4.78, 5) is 0. The van der Waals surface area contributed by atoms with Gasteiger partial charge in [-0.1, -0.05) is 6.42 Å². The maximum absolute atomic E-state index is 12.7. The Labute approximate surface area is 89.7 Å². The van der Waals surface area contributed by atoms with Crippen molar-refractivity contribution in [3.05, 3.63) is 30.1 Å². The van der Waals surface area contributed by atoms with E-state index in [1.165, 1.54) is 37.8 Å². The second kappa shape index (κ2) is 3.51. The number of halogens is 1. The Morgan fingerprint density at radius 2 is 1.87 bits per heavy atom. The number of benzene rings is 1. The minimum absolute atomic E-state index is 0.159. The van der Waals surface area contributed by atoms with E-state index in [9.17, 15) is 4.39 Å². The van der Waals surface area contributed by atoms with Crippen LogP contribution in [0.1, 0.15) is 25.7 Å². The lowest BCUT2D eigenvalue weighted by Gasteiger charge is -2.23. The average Bonchev–Trinajstić information content (AvgIpc) is 2.83. The zero-order valence-electron chi connectivity index (χ0n) is 8.75. The molecule has 2 aliphatic carbocycles. The standard InChI is InChI=1S/C13H16FN/c14-11-3-5-12(6-4-11)15-13-8-9-1-2-10(13)7-9/h3-6,9-10,13,15H,1-2,7-8H2/t9-,10-,13-/m1/s1. The van der Waals surface area contributed by atoms with Gasteiger partial charge in [-0.25, -0.2) is 4.39 Å². The lowest BCUT2D eigenvalue weighted by molar-refractivity contribution is 0.440. The molecule has 2 saturated carbocycles. The second-order valence-corrected chi connectivity index (χ2v) is 4.93. The molecular weight excluding hydrogens is 189 g/mol. The van der Waals surface area contributed by atoms with Gasteiger partial charge in [0.1, 0.15) is 5.82 Å². The molecule has 0 heterocycles. The van der Waals surface area contributed by atoms with Gasteiger partial charge in [-0.15, -0.1) is 0 Å². The Balaban J connectivity index is 1.68. The number of anilines is 1. The molecule has 0 radical (unpaired) electrons. The molecule has 0 spiro atoms. The van der Waals surface area contributed by atoms with Gasteiger partial charge >= 0.3 is 0 Å². The van der Waals surface area contributed by atoms with Crippen molar-refractivity contribution in [1.29, 1.82) is 0 Å². The minimum Gasteiger partial charge on any atom is -0.382 e. The number of hydrogen-bond acceptors (Lipinski definition) is 1. The average molecular weight is 205 g/mol. The molecule has 0 amide bonds. The molecule has 80 valence electrons. The summed E-state index contributed by atoms with van der Waals surface area (Å²) in [6, 6.07) is 7.35. The van der Waals surface area contributed by atoms with E-state index in [-0.39, 0.29) is 5.82 Å². The largest absolute Gasteiger partial charge is 0.382 e. The van der Waals surface area contributed by atoms with Gasteiger partial charge in [-0.3, -0.25) is 0 Å². The Morgan fingerprint density at radius 1 is 1.07 bits per heavy atom. The predicted octanol–water partition coefficient (Wildman–Crippen LogP) is 3.43. The fourth-order valence-electron chi connectivity index (χ4n) is 3.18. The third-order valence-electron chi connectivity index (χ3n) is 3.93. The van der Waals surface area contributed by atoms with E-state index in [2.05, 4.69) is 5.32 Å². The van der Waals surface area contributed by atoms with Gasteiger partial charge in [0.15, 0.2) is 0 Å². The molecular formula is C13H16FN. The predicted molar refractivity (Wildman–Crippen MR) is 59.3 cm³/mol. The molecule has 0 saturated heterocycles. The van der Waals surface area contributed by atoms with Crippen LogP contribution >= 0.6 is 0 Å². The van der Waals surface area contributed by atoms with E-state index in [0.717, 1.165) is 17.5 Å². The summed E-state index contributed by atoms with van der Waals surface area (Å²) >= 11 is 0. The minimum atomic E-state index is -0.159. The zero-order chi connectivity index (χ0) is 10.3. The van der Waals surface area contributed by atoms with E-state index in [0.29, 0.717) is 6.04 Å². The highest BCUT2D eigenvalue weighted by atomic mass is 19.1. The summed E-state index contributed by atoms with van der Waals surface area (Å²) in [6.07, 6.45) is 5.51. The first-order chi connectivity index (χ1) is 7.31. The lowest BCUT2D eigenvalue weighted by atomic mass is 9.95. The van der Waals surface area contributed by atoms with Gasteiger partial charge in [0.05, 0.1) is 0 Å². The van der Waals surface area contributed by atoms with E-state index in [1.54, 1.807) is 0 Å². The summed E-state index contributed by atoms with van der Waals surface area (Å²) in [5.74, 6) is 1.65. The van der Waals surface area contributed by atoms with Crippen LogP contribution in [0.25, 0.3) is 0 Å². The van der Waals surface area contributed by atoms with Crippen LogP contribution in [-0.2, 0) is 0 Å². The monoisotopic (exact) mass is 205 g/mol. The summed E-state index contributed by atoms with van der Waals surface area (Å²) in [5, 5.41) is 3.53. The number of fused-ring (bicyclic) bond motifs is 2. The molecule has 1 aromatic rings. The summed E-state index contributed by atoms with van der Waals surface area (Å²) < 4.78 is 12.7. The highest BCUT2D eigenvalue weighted by Gasteiger charge is 2.39. The molecule has 0 aromatic heterocycles. The fourth-order valence-corrected chi connectivity index (χ4v) is 3.18. The van der Waals surface area contributed by atoms with Crippen LogP contribution < -0.4 is 5.32 Å². The summed E-state index contributed by atoms with van der Waals surface area (Å²) in [5.41, 5.74) is 1.06. The molecule has 0 aliphatic heterocycles. The highest BCUT2D eigenvalue weighted by molar-refractivity contribution is 5.44. The van der Waals surface area contributed by atoms with Gasteiger partial charge in [0, 0.05) is 11.7 Å². The Kier molecular flexibility index (Phi) is 2.15.